The minimum atomic E-state index is -0.231. The van der Waals surface area contributed by atoms with Gasteiger partial charge in [-0.3, -0.25) is 9.78 Å². The number of anilines is 1. The predicted molar refractivity (Wildman–Crippen MR) is 90.0 cm³/mol. The molecule has 3 aromatic rings. The zero-order valence-electron chi connectivity index (χ0n) is 12.4. The molecule has 1 heterocycles. The summed E-state index contributed by atoms with van der Waals surface area (Å²) in [5.74, 6) is -0.231. The quantitative estimate of drug-likeness (QED) is 0.775. The number of aromatic nitrogens is 1. The van der Waals surface area contributed by atoms with Crippen molar-refractivity contribution in [2.75, 3.05) is 5.32 Å². The van der Waals surface area contributed by atoms with E-state index in [4.69, 9.17) is 5.11 Å². The fraction of sp³-hybridized carbons (Fsp3) is 0.0526. The number of carbonyl (C=O) groups excluding carboxylic acids is 1. The first-order chi connectivity index (χ1) is 11.3. The number of nitrogens with zero attached hydrogens (tertiary/aromatic N) is 1. The number of hydrogen-bond donors (Lipinski definition) is 2. The van der Waals surface area contributed by atoms with Gasteiger partial charge in [-0.05, 0) is 29.3 Å². The summed E-state index contributed by atoms with van der Waals surface area (Å²) < 4.78 is 0. The lowest BCUT2D eigenvalue weighted by Gasteiger charge is -2.08. The van der Waals surface area contributed by atoms with Gasteiger partial charge in [0.15, 0.2) is 0 Å². The van der Waals surface area contributed by atoms with E-state index in [1.807, 2.05) is 36.4 Å². The van der Waals surface area contributed by atoms with Crippen LogP contribution in [0.5, 0.6) is 0 Å². The second-order valence-electron chi connectivity index (χ2n) is 5.14. The largest absolute Gasteiger partial charge is 0.392 e. The molecule has 1 amide bonds. The SMILES string of the molecule is O=C(Nc1cccc(CO)c1)c1cncc(-c2ccccc2)c1. The van der Waals surface area contributed by atoms with Crippen LogP contribution in [0.1, 0.15) is 15.9 Å². The molecule has 0 atom stereocenters. The number of aliphatic hydroxyl groups excluding tert-OH is 1. The van der Waals surface area contributed by atoms with E-state index in [1.54, 1.807) is 30.5 Å². The number of carbonyl (C=O) groups is 1. The fourth-order valence-corrected chi connectivity index (χ4v) is 2.30. The van der Waals surface area contributed by atoms with Gasteiger partial charge in [-0.1, -0.05) is 42.5 Å². The van der Waals surface area contributed by atoms with E-state index in [2.05, 4.69) is 10.3 Å². The Morgan fingerprint density at radius 3 is 2.57 bits per heavy atom. The number of benzene rings is 2. The highest BCUT2D eigenvalue weighted by Crippen LogP contribution is 2.19. The van der Waals surface area contributed by atoms with Gasteiger partial charge in [0.05, 0.1) is 12.2 Å². The molecule has 0 aliphatic heterocycles. The second kappa shape index (κ2) is 6.85. The average Bonchev–Trinajstić information content (AvgIpc) is 2.63. The molecule has 0 saturated heterocycles. The summed E-state index contributed by atoms with van der Waals surface area (Å²) in [7, 11) is 0. The summed E-state index contributed by atoms with van der Waals surface area (Å²) in [6.45, 7) is -0.0608. The summed E-state index contributed by atoms with van der Waals surface area (Å²) in [5, 5.41) is 12.0. The van der Waals surface area contributed by atoms with Gasteiger partial charge in [-0.25, -0.2) is 0 Å². The Bertz CT molecular complexity index is 816. The van der Waals surface area contributed by atoms with Gasteiger partial charge in [-0.2, -0.15) is 0 Å². The molecule has 0 aliphatic carbocycles. The van der Waals surface area contributed by atoms with Crippen molar-refractivity contribution in [3.05, 3.63) is 84.2 Å². The van der Waals surface area contributed by atoms with E-state index in [0.717, 1.165) is 16.7 Å². The van der Waals surface area contributed by atoms with Crippen LogP contribution in [-0.2, 0) is 6.61 Å². The first kappa shape index (κ1) is 14.9. The van der Waals surface area contributed by atoms with E-state index in [-0.39, 0.29) is 12.5 Å². The molecular weight excluding hydrogens is 288 g/mol. The fourth-order valence-electron chi connectivity index (χ4n) is 2.30. The Labute approximate surface area is 134 Å². The van der Waals surface area contributed by atoms with Crippen molar-refractivity contribution in [2.24, 2.45) is 0 Å². The van der Waals surface area contributed by atoms with E-state index >= 15 is 0 Å². The number of aliphatic hydroxyl groups is 1. The van der Waals surface area contributed by atoms with Crippen LogP contribution in [0.4, 0.5) is 5.69 Å². The number of rotatable bonds is 4. The maximum Gasteiger partial charge on any atom is 0.257 e. The van der Waals surface area contributed by atoms with Gasteiger partial charge in [0.1, 0.15) is 0 Å². The maximum atomic E-state index is 12.4. The third-order valence-electron chi connectivity index (χ3n) is 3.47. The Morgan fingerprint density at radius 2 is 1.78 bits per heavy atom. The van der Waals surface area contributed by atoms with Gasteiger partial charge < -0.3 is 10.4 Å². The van der Waals surface area contributed by atoms with E-state index in [0.29, 0.717) is 11.3 Å². The van der Waals surface area contributed by atoms with Crippen molar-refractivity contribution in [2.45, 2.75) is 6.61 Å². The molecule has 4 heteroatoms. The number of pyridine rings is 1. The van der Waals surface area contributed by atoms with Gasteiger partial charge in [0.25, 0.3) is 5.91 Å². The lowest BCUT2D eigenvalue weighted by Crippen LogP contribution is -2.12. The molecule has 0 bridgehead atoms. The zero-order valence-corrected chi connectivity index (χ0v) is 12.4. The molecule has 1 aromatic heterocycles. The molecule has 23 heavy (non-hydrogen) atoms. The lowest BCUT2D eigenvalue weighted by atomic mass is 10.1. The highest BCUT2D eigenvalue weighted by molar-refractivity contribution is 6.04. The van der Waals surface area contributed by atoms with Crippen molar-refractivity contribution < 1.29 is 9.90 Å². The third kappa shape index (κ3) is 3.62. The molecule has 3 rings (SSSR count). The third-order valence-corrected chi connectivity index (χ3v) is 3.47. The summed E-state index contributed by atoms with van der Waals surface area (Å²) in [4.78, 5) is 16.5. The molecule has 0 aliphatic rings. The monoisotopic (exact) mass is 304 g/mol. The van der Waals surface area contributed by atoms with Crippen LogP contribution < -0.4 is 5.32 Å². The minimum absolute atomic E-state index is 0.0608. The zero-order chi connectivity index (χ0) is 16.1. The summed E-state index contributed by atoms with van der Waals surface area (Å²) >= 11 is 0. The van der Waals surface area contributed by atoms with E-state index < -0.39 is 0 Å². The Balaban J connectivity index is 1.82. The van der Waals surface area contributed by atoms with Crippen molar-refractivity contribution in [3.63, 3.8) is 0 Å². The highest BCUT2D eigenvalue weighted by Gasteiger charge is 2.08. The van der Waals surface area contributed by atoms with Crippen LogP contribution in [0.15, 0.2) is 73.1 Å². The van der Waals surface area contributed by atoms with Gasteiger partial charge in [0, 0.05) is 23.6 Å². The number of hydrogen-bond acceptors (Lipinski definition) is 3. The number of amides is 1. The second-order valence-corrected chi connectivity index (χ2v) is 5.14. The average molecular weight is 304 g/mol. The van der Waals surface area contributed by atoms with Crippen molar-refractivity contribution in [1.29, 1.82) is 0 Å². The summed E-state index contributed by atoms with van der Waals surface area (Å²) in [6.07, 6.45) is 3.27. The molecule has 0 spiro atoms. The molecule has 0 fully saturated rings. The molecule has 2 N–H and O–H groups in total. The molecule has 2 aromatic carbocycles. The standard InChI is InChI=1S/C19H16N2O2/c22-13-14-5-4-8-18(9-14)21-19(23)17-10-16(11-20-12-17)15-6-2-1-3-7-15/h1-12,22H,13H2,(H,21,23). The van der Waals surface area contributed by atoms with Crippen molar-refractivity contribution >= 4 is 11.6 Å². The van der Waals surface area contributed by atoms with Crippen LogP contribution in [0.3, 0.4) is 0 Å². The van der Waals surface area contributed by atoms with Crippen molar-refractivity contribution in [1.82, 2.24) is 4.98 Å². The van der Waals surface area contributed by atoms with Crippen LogP contribution in [0.25, 0.3) is 11.1 Å². The van der Waals surface area contributed by atoms with Crippen LogP contribution in [-0.4, -0.2) is 16.0 Å². The molecule has 114 valence electrons. The van der Waals surface area contributed by atoms with Crippen LogP contribution in [0, 0.1) is 0 Å². The normalized spacial score (nSPS) is 10.3. The van der Waals surface area contributed by atoms with Gasteiger partial charge in [0.2, 0.25) is 0 Å². The Morgan fingerprint density at radius 1 is 0.957 bits per heavy atom. The first-order valence-corrected chi connectivity index (χ1v) is 7.28. The van der Waals surface area contributed by atoms with E-state index in [9.17, 15) is 4.79 Å². The lowest BCUT2D eigenvalue weighted by molar-refractivity contribution is 0.102. The molecule has 0 radical (unpaired) electrons. The summed E-state index contributed by atoms with van der Waals surface area (Å²) in [6, 6.07) is 18.7. The Kier molecular flexibility index (Phi) is 4.45. The molecule has 4 nitrogen and oxygen atoms in total. The van der Waals surface area contributed by atoms with Crippen LogP contribution >= 0.6 is 0 Å². The summed E-state index contributed by atoms with van der Waals surface area (Å²) in [5.41, 5.74) is 3.78. The van der Waals surface area contributed by atoms with Gasteiger partial charge in [-0.15, -0.1) is 0 Å². The minimum Gasteiger partial charge on any atom is -0.392 e. The van der Waals surface area contributed by atoms with Crippen molar-refractivity contribution in [3.8, 4) is 11.1 Å². The Hall–Kier alpha value is -2.98. The van der Waals surface area contributed by atoms with Crippen LogP contribution in [0.2, 0.25) is 0 Å². The number of nitrogens with one attached hydrogen (secondary N) is 1. The smallest absolute Gasteiger partial charge is 0.257 e. The van der Waals surface area contributed by atoms with Gasteiger partial charge >= 0.3 is 0 Å². The maximum absolute atomic E-state index is 12.4. The van der Waals surface area contributed by atoms with E-state index in [1.165, 1.54) is 6.20 Å². The molecule has 0 unspecified atom stereocenters. The predicted octanol–water partition coefficient (Wildman–Crippen LogP) is 3.49. The highest BCUT2D eigenvalue weighted by atomic mass is 16.3. The molecular formula is C19H16N2O2. The molecule has 0 saturated carbocycles. The topological polar surface area (TPSA) is 62.2 Å². The first-order valence-electron chi connectivity index (χ1n) is 7.28.